The molecule has 2 heterocycles. The van der Waals surface area contributed by atoms with Gasteiger partial charge in [0.1, 0.15) is 5.60 Å². The van der Waals surface area contributed by atoms with Crippen LogP contribution < -0.4 is 0 Å². The molecule has 3 fully saturated rings. The summed E-state index contributed by atoms with van der Waals surface area (Å²) in [4.78, 5) is 19.5. The molecule has 6 heteroatoms. The molecular formula is C25H32N4O2. The zero-order valence-electron chi connectivity index (χ0n) is 18.6. The smallest absolute Gasteiger partial charge is 0.410 e. The van der Waals surface area contributed by atoms with Gasteiger partial charge in [0.25, 0.3) is 0 Å². The van der Waals surface area contributed by atoms with Gasteiger partial charge in [-0.25, -0.2) is 9.78 Å². The van der Waals surface area contributed by atoms with Crippen molar-refractivity contribution in [1.82, 2.24) is 14.5 Å². The molecule has 1 aromatic carbocycles. The molecule has 2 aliphatic carbocycles. The average molecular weight is 421 g/mol. The molecule has 0 bridgehead atoms. The lowest BCUT2D eigenvalue weighted by molar-refractivity contribution is 0.00377. The number of ether oxygens (including phenoxy) is 1. The van der Waals surface area contributed by atoms with Crippen LogP contribution in [0.2, 0.25) is 0 Å². The van der Waals surface area contributed by atoms with Crippen LogP contribution in [0.3, 0.4) is 0 Å². The van der Waals surface area contributed by atoms with E-state index < -0.39 is 0 Å². The third-order valence-electron chi connectivity index (χ3n) is 7.93. The first kappa shape index (κ1) is 20.4. The standard InChI is InChI=1S/C25H32N4O2/c1-24(2)10-4-3-7-22(24)29-16-25(31-23(29)30)11-5-6-19(13-25)15-28-17-27-20-9-8-18(14-26)12-21(20)28/h8-9,12,17,19,22H,3-7,10-11,13,15-16H2,1-2H3. The fourth-order valence-corrected chi connectivity index (χ4v) is 6.33. The van der Waals surface area contributed by atoms with E-state index in [1.165, 1.54) is 19.3 Å². The van der Waals surface area contributed by atoms with Crippen LogP contribution in [0.15, 0.2) is 24.5 Å². The second-order valence-corrected chi connectivity index (χ2v) is 10.6. The van der Waals surface area contributed by atoms with Crippen molar-refractivity contribution < 1.29 is 9.53 Å². The van der Waals surface area contributed by atoms with E-state index in [2.05, 4.69) is 34.4 Å². The molecule has 0 radical (unpaired) electrons. The maximum atomic E-state index is 13.0. The highest BCUT2D eigenvalue weighted by Crippen LogP contribution is 2.45. The SMILES string of the molecule is CC1(C)CCCCC1N1CC2(CCCC(Cn3cnc4ccc(C#N)cc43)C2)OC1=O. The average Bonchev–Trinajstić information content (AvgIpc) is 3.28. The Morgan fingerprint density at radius 1 is 1.23 bits per heavy atom. The van der Waals surface area contributed by atoms with E-state index in [0.717, 1.165) is 56.2 Å². The first-order valence-corrected chi connectivity index (χ1v) is 11.7. The molecular weight excluding hydrogens is 388 g/mol. The van der Waals surface area contributed by atoms with Crippen LogP contribution in [-0.2, 0) is 11.3 Å². The number of benzene rings is 1. The summed E-state index contributed by atoms with van der Waals surface area (Å²) in [6.07, 6.45) is 10.6. The summed E-state index contributed by atoms with van der Waals surface area (Å²) in [5.41, 5.74) is 2.40. The van der Waals surface area contributed by atoms with Crippen molar-refractivity contribution in [1.29, 1.82) is 5.26 Å². The fraction of sp³-hybridized carbons (Fsp3) is 0.640. The highest BCUT2D eigenvalue weighted by molar-refractivity contribution is 5.77. The molecule has 1 spiro atoms. The van der Waals surface area contributed by atoms with Crippen molar-refractivity contribution in [3.63, 3.8) is 0 Å². The molecule has 3 unspecified atom stereocenters. The van der Waals surface area contributed by atoms with Crippen molar-refractivity contribution in [3.05, 3.63) is 30.1 Å². The molecule has 5 rings (SSSR count). The summed E-state index contributed by atoms with van der Waals surface area (Å²) < 4.78 is 8.31. The number of nitrogens with zero attached hydrogens (tertiary/aromatic N) is 4. The number of aromatic nitrogens is 2. The van der Waals surface area contributed by atoms with Gasteiger partial charge in [0.15, 0.2) is 0 Å². The van der Waals surface area contributed by atoms with Crippen molar-refractivity contribution in [2.45, 2.75) is 83.4 Å². The van der Waals surface area contributed by atoms with E-state index in [1.807, 2.05) is 24.5 Å². The monoisotopic (exact) mass is 420 g/mol. The Morgan fingerprint density at radius 2 is 2.10 bits per heavy atom. The summed E-state index contributed by atoms with van der Waals surface area (Å²) in [6.45, 7) is 6.19. The van der Waals surface area contributed by atoms with E-state index in [4.69, 9.17) is 4.74 Å². The van der Waals surface area contributed by atoms with Crippen molar-refractivity contribution in [2.24, 2.45) is 11.3 Å². The highest BCUT2D eigenvalue weighted by Gasteiger charge is 2.52. The summed E-state index contributed by atoms with van der Waals surface area (Å²) >= 11 is 0. The molecule has 31 heavy (non-hydrogen) atoms. The molecule has 0 N–H and O–H groups in total. The van der Waals surface area contributed by atoms with E-state index >= 15 is 0 Å². The molecule has 1 aliphatic heterocycles. The number of fused-ring (bicyclic) bond motifs is 1. The number of carbonyl (C=O) groups excluding carboxylic acids is 1. The lowest BCUT2D eigenvalue weighted by Gasteiger charge is -2.43. The number of nitriles is 1. The minimum Gasteiger partial charge on any atom is -0.441 e. The lowest BCUT2D eigenvalue weighted by atomic mass is 9.72. The zero-order chi connectivity index (χ0) is 21.6. The van der Waals surface area contributed by atoms with Crippen molar-refractivity contribution in [3.8, 4) is 6.07 Å². The Bertz CT molecular complexity index is 1040. The fourth-order valence-electron chi connectivity index (χ4n) is 6.33. The van der Waals surface area contributed by atoms with Gasteiger partial charge in [-0.2, -0.15) is 5.26 Å². The first-order chi connectivity index (χ1) is 14.9. The van der Waals surface area contributed by atoms with Crippen LogP contribution in [0.4, 0.5) is 4.79 Å². The van der Waals surface area contributed by atoms with Crippen LogP contribution >= 0.6 is 0 Å². The molecule has 3 aliphatic rings. The third-order valence-corrected chi connectivity index (χ3v) is 7.93. The molecule has 1 aromatic heterocycles. The largest absolute Gasteiger partial charge is 0.441 e. The Labute approximate surface area is 184 Å². The van der Waals surface area contributed by atoms with Gasteiger partial charge >= 0.3 is 6.09 Å². The number of amides is 1. The zero-order valence-corrected chi connectivity index (χ0v) is 18.6. The van der Waals surface area contributed by atoms with Crippen molar-refractivity contribution in [2.75, 3.05) is 6.54 Å². The van der Waals surface area contributed by atoms with E-state index in [0.29, 0.717) is 11.5 Å². The minimum atomic E-state index is -0.346. The Kier molecular flexibility index (Phi) is 4.96. The predicted molar refractivity (Wildman–Crippen MR) is 118 cm³/mol. The van der Waals surface area contributed by atoms with E-state index in [9.17, 15) is 10.1 Å². The predicted octanol–water partition coefficient (Wildman–Crippen LogP) is 5.26. The molecule has 6 nitrogen and oxygen atoms in total. The third kappa shape index (κ3) is 3.69. The van der Waals surface area contributed by atoms with Gasteiger partial charge in [-0.1, -0.05) is 26.7 Å². The van der Waals surface area contributed by atoms with Gasteiger partial charge in [0, 0.05) is 12.6 Å². The van der Waals surface area contributed by atoms with Gasteiger partial charge in [0.05, 0.1) is 35.5 Å². The number of imidazole rings is 1. The van der Waals surface area contributed by atoms with E-state index in [1.54, 1.807) is 0 Å². The molecule has 3 atom stereocenters. The summed E-state index contributed by atoms with van der Waals surface area (Å²) in [5.74, 6) is 0.434. The van der Waals surface area contributed by atoms with Crippen LogP contribution in [0.5, 0.6) is 0 Å². The topological polar surface area (TPSA) is 71.2 Å². The number of rotatable bonds is 3. The number of hydrogen-bond donors (Lipinski definition) is 0. The lowest BCUT2D eigenvalue weighted by Crippen LogP contribution is -2.49. The summed E-state index contributed by atoms with van der Waals surface area (Å²) in [7, 11) is 0. The second-order valence-electron chi connectivity index (χ2n) is 10.6. The van der Waals surface area contributed by atoms with Crippen LogP contribution in [0.1, 0.15) is 70.8 Å². The van der Waals surface area contributed by atoms with Gasteiger partial charge in [0.2, 0.25) is 0 Å². The maximum absolute atomic E-state index is 13.0. The summed E-state index contributed by atoms with van der Waals surface area (Å²) in [6, 6.07) is 8.16. The molecule has 1 amide bonds. The van der Waals surface area contributed by atoms with Gasteiger partial charge in [-0.05, 0) is 68.1 Å². The van der Waals surface area contributed by atoms with Crippen molar-refractivity contribution >= 4 is 17.1 Å². The number of hydrogen-bond acceptors (Lipinski definition) is 4. The Morgan fingerprint density at radius 3 is 2.90 bits per heavy atom. The second kappa shape index (κ2) is 7.55. The number of carbonyl (C=O) groups is 1. The van der Waals surface area contributed by atoms with Gasteiger partial charge < -0.3 is 14.2 Å². The van der Waals surface area contributed by atoms with E-state index in [-0.39, 0.29) is 23.2 Å². The maximum Gasteiger partial charge on any atom is 0.410 e. The van der Waals surface area contributed by atoms with Crippen LogP contribution in [0, 0.1) is 22.7 Å². The van der Waals surface area contributed by atoms with Gasteiger partial charge in [-0.3, -0.25) is 0 Å². The normalized spacial score (nSPS) is 30.5. The first-order valence-electron chi connectivity index (χ1n) is 11.7. The highest BCUT2D eigenvalue weighted by atomic mass is 16.6. The molecule has 2 aromatic rings. The minimum absolute atomic E-state index is 0.104. The molecule has 164 valence electrons. The Balaban J connectivity index is 1.33. The van der Waals surface area contributed by atoms with Gasteiger partial charge in [-0.15, -0.1) is 0 Å². The molecule has 1 saturated heterocycles. The quantitative estimate of drug-likeness (QED) is 0.679. The van der Waals surface area contributed by atoms with Crippen LogP contribution in [0.25, 0.3) is 11.0 Å². The summed E-state index contributed by atoms with van der Waals surface area (Å²) in [5, 5.41) is 9.25. The molecule has 2 saturated carbocycles. The Hall–Kier alpha value is -2.55. The van der Waals surface area contributed by atoms with Crippen LogP contribution in [-0.4, -0.2) is 38.7 Å².